The van der Waals surface area contributed by atoms with Crippen LogP contribution in [0.3, 0.4) is 0 Å². The predicted molar refractivity (Wildman–Crippen MR) is 69.7 cm³/mol. The Morgan fingerprint density at radius 2 is 1.90 bits per heavy atom. The summed E-state index contributed by atoms with van der Waals surface area (Å²) in [6.07, 6.45) is -3.99. The molecule has 0 aliphatic rings. The average molecular weight is 313 g/mol. The molecule has 2 N–H and O–H groups in total. The molecule has 5 nitrogen and oxygen atoms in total. The molecule has 21 heavy (non-hydrogen) atoms. The number of alkyl halides is 3. The van der Waals surface area contributed by atoms with Crippen LogP contribution >= 0.6 is 0 Å². The molecule has 0 fully saturated rings. The van der Waals surface area contributed by atoms with Crippen LogP contribution in [0.5, 0.6) is 0 Å². The van der Waals surface area contributed by atoms with E-state index in [4.69, 9.17) is 5.11 Å². The molecule has 0 heterocycles. The number of carbonyl (C=O) groups is 2. The fraction of sp³-hybridized carbons (Fsp3) is 0.846. The van der Waals surface area contributed by atoms with Gasteiger partial charge in [0.15, 0.2) is 0 Å². The number of aliphatic carboxylic acids is 1. The number of halogens is 3. The molecule has 0 saturated heterocycles. The lowest BCUT2D eigenvalue weighted by Gasteiger charge is -2.17. The molecule has 1 amide bonds. The largest absolute Gasteiger partial charge is 0.481 e. The summed E-state index contributed by atoms with van der Waals surface area (Å²) in [7, 11) is 0. The molecule has 124 valence electrons. The van der Waals surface area contributed by atoms with Crippen LogP contribution in [-0.4, -0.2) is 42.9 Å². The first kappa shape index (κ1) is 19.7. The van der Waals surface area contributed by atoms with Crippen LogP contribution in [0.2, 0.25) is 0 Å². The van der Waals surface area contributed by atoms with Crippen molar-refractivity contribution in [2.45, 2.75) is 39.3 Å². The Balaban J connectivity index is 3.93. The minimum Gasteiger partial charge on any atom is -0.481 e. The number of ether oxygens (including phenoxy) is 1. The van der Waals surface area contributed by atoms with Crippen molar-refractivity contribution in [1.82, 2.24) is 5.32 Å². The molecule has 0 bridgehead atoms. The van der Waals surface area contributed by atoms with Gasteiger partial charge in [-0.15, -0.1) is 0 Å². The fourth-order valence-electron chi connectivity index (χ4n) is 1.85. The Morgan fingerprint density at radius 1 is 1.29 bits per heavy atom. The molecule has 0 spiro atoms. The summed E-state index contributed by atoms with van der Waals surface area (Å²) in [5.41, 5.74) is 0. The van der Waals surface area contributed by atoms with E-state index in [-0.39, 0.29) is 31.9 Å². The number of carboxylic acids is 1. The number of hydrogen-bond acceptors (Lipinski definition) is 3. The van der Waals surface area contributed by atoms with E-state index < -0.39 is 24.7 Å². The van der Waals surface area contributed by atoms with Crippen molar-refractivity contribution in [3.8, 4) is 0 Å². The monoisotopic (exact) mass is 313 g/mol. The predicted octanol–water partition coefficient (Wildman–Crippen LogP) is 2.21. The summed E-state index contributed by atoms with van der Waals surface area (Å²) < 4.78 is 39.7. The molecular weight excluding hydrogens is 291 g/mol. The van der Waals surface area contributed by atoms with E-state index in [2.05, 4.69) is 10.1 Å². The number of hydrogen-bond donors (Lipinski definition) is 2. The number of amides is 1. The maximum absolute atomic E-state index is 11.8. The first-order valence-corrected chi connectivity index (χ1v) is 6.73. The van der Waals surface area contributed by atoms with Crippen LogP contribution in [0.25, 0.3) is 0 Å². The second kappa shape index (κ2) is 9.59. The van der Waals surface area contributed by atoms with Crippen LogP contribution in [0, 0.1) is 11.8 Å². The first-order valence-electron chi connectivity index (χ1n) is 6.73. The van der Waals surface area contributed by atoms with Gasteiger partial charge in [0.05, 0.1) is 6.61 Å². The van der Waals surface area contributed by atoms with E-state index in [0.29, 0.717) is 12.3 Å². The van der Waals surface area contributed by atoms with Gasteiger partial charge in [-0.1, -0.05) is 13.8 Å². The molecule has 0 aliphatic heterocycles. The Bertz CT molecular complexity index is 332. The SMILES string of the molecule is CC(C)C[C@H](CNC(=O)CCOCC(F)(F)F)CC(=O)O. The Morgan fingerprint density at radius 3 is 2.38 bits per heavy atom. The molecule has 0 aromatic rings. The number of nitrogens with one attached hydrogen (secondary N) is 1. The van der Waals surface area contributed by atoms with Gasteiger partial charge < -0.3 is 15.2 Å². The van der Waals surface area contributed by atoms with Crippen LogP contribution in [0.15, 0.2) is 0 Å². The summed E-state index contributed by atoms with van der Waals surface area (Å²) in [6, 6.07) is 0. The van der Waals surface area contributed by atoms with Gasteiger partial charge in [0.1, 0.15) is 6.61 Å². The lowest BCUT2D eigenvalue weighted by atomic mass is 9.94. The molecule has 0 saturated carbocycles. The van der Waals surface area contributed by atoms with Crippen LogP contribution in [0.1, 0.15) is 33.1 Å². The van der Waals surface area contributed by atoms with Crippen molar-refractivity contribution in [3.05, 3.63) is 0 Å². The van der Waals surface area contributed by atoms with E-state index in [1.165, 1.54) is 0 Å². The summed E-state index contributed by atoms with van der Waals surface area (Å²) >= 11 is 0. The first-order chi connectivity index (χ1) is 9.60. The quantitative estimate of drug-likeness (QED) is 0.606. The second-order valence-corrected chi connectivity index (χ2v) is 5.32. The lowest BCUT2D eigenvalue weighted by Crippen LogP contribution is -2.32. The minimum absolute atomic E-state index is 0.0525. The topological polar surface area (TPSA) is 75.6 Å². The third-order valence-electron chi connectivity index (χ3n) is 2.60. The summed E-state index contributed by atoms with van der Waals surface area (Å²) in [5.74, 6) is -1.29. The summed E-state index contributed by atoms with van der Waals surface area (Å²) in [5, 5.41) is 11.3. The third-order valence-corrected chi connectivity index (χ3v) is 2.60. The average Bonchev–Trinajstić information content (AvgIpc) is 2.29. The van der Waals surface area contributed by atoms with Gasteiger partial charge in [0.2, 0.25) is 5.91 Å². The standard InChI is InChI=1S/C13H22F3NO4/c1-9(2)5-10(6-12(19)20)7-17-11(18)3-4-21-8-13(14,15)16/h9-10H,3-8H2,1-2H3,(H,17,18)(H,19,20)/t10-/m0/s1. The number of carboxylic acid groups (broad SMARTS) is 1. The normalized spacial score (nSPS) is 13.2. The highest BCUT2D eigenvalue weighted by Gasteiger charge is 2.27. The zero-order valence-corrected chi connectivity index (χ0v) is 12.2. The Hall–Kier alpha value is -1.31. The van der Waals surface area contributed by atoms with Gasteiger partial charge in [-0.2, -0.15) is 13.2 Å². The summed E-state index contributed by atoms with van der Waals surface area (Å²) in [4.78, 5) is 22.1. The molecule has 0 unspecified atom stereocenters. The molecule has 0 radical (unpaired) electrons. The molecule has 0 aromatic heterocycles. The molecule has 8 heteroatoms. The minimum atomic E-state index is -4.40. The molecular formula is C13H22F3NO4. The van der Waals surface area contributed by atoms with E-state index in [0.717, 1.165) is 0 Å². The van der Waals surface area contributed by atoms with Gasteiger partial charge in [0.25, 0.3) is 0 Å². The van der Waals surface area contributed by atoms with Crippen LogP contribution in [0.4, 0.5) is 13.2 Å². The zero-order chi connectivity index (χ0) is 16.5. The molecule has 0 rings (SSSR count). The molecule has 0 aliphatic carbocycles. The number of rotatable bonds is 10. The fourth-order valence-corrected chi connectivity index (χ4v) is 1.85. The van der Waals surface area contributed by atoms with Crippen molar-refractivity contribution in [2.24, 2.45) is 11.8 Å². The Labute approximate surface area is 121 Å². The lowest BCUT2D eigenvalue weighted by molar-refractivity contribution is -0.174. The second-order valence-electron chi connectivity index (χ2n) is 5.32. The summed E-state index contributed by atoms with van der Waals surface area (Å²) in [6.45, 7) is 2.39. The van der Waals surface area contributed by atoms with Crippen molar-refractivity contribution in [2.75, 3.05) is 19.8 Å². The van der Waals surface area contributed by atoms with Crippen molar-refractivity contribution >= 4 is 11.9 Å². The maximum atomic E-state index is 11.8. The van der Waals surface area contributed by atoms with E-state index in [1.54, 1.807) is 0 Å². The number of carbonyl (C=O) groups excluding carboxylic acids is 1. The van der Waals surface area contributed by atoms with Crippen molar-refractivity contribution in [1.29, 1.82) is 0 Å². The van der Waals surface area contributed by atoms with Gasteiger partial charge in [-0.05, 0) is 18.3 Å². The van der Waals surface area contributed by atoms with Crippen LogP contribution in [-0.2, 0) is 14.3 Å². The van der Waals surface area contributed by atoms with Gasteiger partial charge in [-0.3, -0.25) is 9.59 Å². The van der Waals surface area contributed by atoms with Crippen LogP contribution < -0.4 is 5.32 Å². The molecule has 1 atom stereocenters. The molecule has 0 aromatic carbocycles. The van der Waals surface area contributed by atoms with Gasteiger partial charge in [-0.25, -0.2) is 0 Å². The highest BCUT2D eigenvalue weighted by molar-refractivity contribution is 5.76. The van der Waals surface area contributed by atoms with E-state index >= 15 is 0 Å². The van der Waals surface area contributed by atoms with Crippen molar-refractivity contribution in [3.63, 3.8) is 0 Å². The van der Waals surface area contributed by atoms with Crippen molar-refractivity contribution < 1.29 is 32.6 Å². The smallest absolute Gasteiger partial charge is 0.411 e. The van der Waals surface area contributed by atoms with Gasteiger partial charge >= 0.3 is 12.1 Å². The highest BCUT2D eigenvalue weighted by atomic mass is 19.4. The van der Waals surface area contributed by atoms with E-state index in [9.17, 15) is 22.8 Å². The maximum Gasteiger partial charge on any atom is 0.411 e. The third kappa shape index (κ3) is 13.4. The van der Waals surface area contributed by atoms with Gasteiger partial charge in [0, 0.05) is 19.4 Å². The Kier molecular flexibility index (Phi) is 9.00. The zero-order valence-electron chi connectivity index (χ0n) is 12.2. The van der Waals surface area contributed by atoms with E-state index in [1.807, 2.05) is 13.8 Å². The highest BCUT2D eigenvalue weighted by Crippen LogP contribution is 2.15.